The van der Waals surface area contributed by atoms with Gasteiger partial charge in [-0.15, -0.1) is 0 Å². The average Bonchev–Trinajstić information content (AvgIpc) is 3.02. The summed E-state index contributed by atoms with van der Waals surface area (Å²) in [5.41, 5.74) is -0.496. The highest BCUT2D eigenvalue weighted by Gasteiger charge is 2.59. The Morgan fingerprint density at radius 2 is 1.72 bits per heavy atom. The number of ether oxygens (including phenoxy) is 2. The number of rotatable bonds is 10. The summed E-state index contributed by atoms with van der Waals surface area (Å²) in [7, 11) is 1.39. The number of carboxylic acid groups (broad SMARTS) is 1. The molecule has 1 aromatic rings. The Morgan fingerprint density at radius 3 is 2.31 bits per heavy atom. The predicted octanol–water partition coefficient (Wildman–Crippen LogP) is 4.60. The van der Waals surface area contributed by atoms with Crippen LogP contribution >= 0.6 is 0 Å². The highest BCUT2D eigenvalue weighted by molar-refractivity contribution is 6.09. The van der Waals surface area contributed by atoms with E-state index in [9.17, 15) is 24.6 Å². The van der Waals surface area contributed by atoms with Gasteiger partial charge in [0.2, 0.25) is 0 Å². The third kappa shape index (κ3) is 3.80. The maximum absolute atomic E-state index is 13.5. The Bertz CT molecular complexity index is 1000. The topological polar surface area (TPSA) is 110 Å². The van der Waals surface area contributed by atoms with Gasteiger partial charge in [0.15, 0.2) is 11.2 Å². The normalized spacial score (nSPS) is 19.5. The van der Waals surface area contributed by atoms with E-state index in [0.717, 1.165) is 32.1 Å². The van der Waals surface area contributed by atoms with Crippen molar-refractivity contribution in [1.29, 1.82) is 0 Å². The molecule has 0 saturated carbocycles. The van der Waals surface area contributed by atoms with Crippen LogP contribution < -0.4 is 4.74 Å². The maximum Gasteiger partial charge on any atom is 0.339 e. The molecule has 7 nitrogen and oxygen atoms in total. The quantitative estimate of drug-likeness (QED) is 0.309. The van der Waals surface area contributed by atoms with E-state index in [0.29, 0.717) is 36.0 Å². The van der Waals surface area contributed by atoms with E-state index >= 15 is 0 Å². The number of methoxy groups -OCH3 is 1. The minimum atomic E-state index is -1.52. The van der Waals surface area contributed by atoms with Crippen LogP contribution in [0.4, 0.5) is 0 Å². The summed E-state index contributed by atoms with van der Waals surface area (Å²) >= 11 is 0. The van der Waals surface area contributed by atoms with Crippen LogP contribution in [0.15, 0.2) is 29.6 Å². The minimum Gasteiger partial charge on any atom is -0.507 e. The van der Waals surface area contributed by atoms with Crippen molar-refractivity contribution in [2.75, 3.05) is 7.11 Å². The molecular formula is C25H30O7. The third-order valence-electron chi connectivity index (χ3n) is 6.21. The van der Waals surface area contributed by atoms with Gasteiger partial charge < -0.3 is 19.7 Å². The van der Waals surface area contributed by atoms with Crippen molar-refractivity contribution in [3.05, 3.63) is 46.2 Å². The van der Waals surface area contributed by atoms with Crippen LogP contribution in [0.2, 0.25) is 0 Å². The van der Waals surface area contributed by atoms with Gasteiger partial charge >= 0.3 is 11.9 Å². The first kappa shape index (κ1) is 23.6. The molecule has 0 unspecified atom stereocenters. The fraction of sp³-hybridized carbons (Fsp3) is 0.480. The molecule has 1 atom stereocenters. The van der Waals surface area contributed by atoms with Gasteiger partial charge in [0.25, 0.3) is 0 Å². The Labute approximate surface area is 187 Å². The Morgan fingerprint density at radius 1 is 1.06 bits per heavy atom. The zero-order chi connectivity index (χ0) is 23.5. The van der Waals surface area contributed by atoms with E-state index in [-0.39, 0.29) is 22.9 Å². The zero-order valence-corrected chi connectivity index (χ0v) is 18.8. The Hall–Kier alpha value is -3.09. The van der Waals surface area contributed by atoms with E-state index < -0.39 is 23.1 Å². The second kappa shape index (κ2) is 9.59. The summed E-state index contributed by atoms with van der Waals surface area (Å²) in [4.78, 5) is 38.0. The number of esters is 1. The lowest BCUT2D eigenvalue weighted by molar-refractivity contribution is -0.137. The van der Waals surface area contributed by atoms with Crippen LogP contribution in [-0.2, 0) is 26.2 Å². The summed E-state index contributed by atoms with van der Waals surface area (Å²) in [6, 6.07) is 1.18. The average molecular weight is 443 g/mol. The SMILES string of the molecule is CCCCCC1=CC(=O)C=C(OC)[C@@]12C(=O)Oc1cc(O)c(C(=O)O)c(CCCCC)c12. The lowest BCUT2D eigenvalue weighted by atomic mass is 9.66. The van der Waals surface area contributed by atoms with Gasteiger partial charge in [0.05, 0.1) is 7.11 Å². The van der Waals surface area contributed by atoms with Gasteiger partial charge in [0, 0.05) is 17.7 Å². The van der Waals surface area contributed by atoms with E-state index in [2.05, 4.69) is 6.92 Å². The van der Waals surface area contributed by atoms with Crippen LogP contribution in [0.25, 0.3) is 0 Å². The van der Waals surface area contributed by atoms with E-state index in [1.165, 1.54) is 25.3 Å². The first-order chi connectivity index (χ1) is 15.3. The maximum atomic E-state index is 13.5. The molecule has 0 saturated heterocycles. The number of carbonyl (C=O) groups excluding carboxylic acids is 2. The van der Waals surface area contributed by atoms with Crippen LogP contribution in [-0.4, -0.2) is 35.0 Å². The van der Waals surface area contributed by atoms with Crippen LogP contribution in [0, 0.1) is 0 Å². The fourth-order valence-electron chi connectivity index (χ4n) is 4.78. The molecule has 7 heteroatoms. The zero-order valence-electron chi connectivity index (χ0n) is 18.8. The Kier molecular flexibility index (Phi) is 7.06. The molecule has 0 radical (unpaired) electrons. The number of carboxylic acids is 1. The largest absolute Gasteiger partial charge is 0.507 e. The summed E-state index contributed by atoms with van der Waals surface area (Å²) in [5.74, 6) is -2.42. The van der Waals surface area contributed by atoms with Crippen LogP contribution in [0.1, 0.15) is 80.3 Å². The Balaban J connectivity index is 2.32. The summed E-state index contributed by atoms with van der Waals surface area (Å²) < 4.78 is 11.2. The highest BCUT2D eigenvalue weighted by Crippen LogP contribution is 2.55. The first-order valence-corrected chi connectivity index (χ1v) is 11.2. The molecule has 1 aliphatic carbocycles. The minimum absolute atomic E-state index is 0.114. The number of aromatic hydroxyl groups is 1. The van der Waals surface area contributed by atoms with Gasteiger partial charge in [-0.3, -0.25) is 4.79 Å². The third-order valence-corrected chi connectivity index (χ3v) is 6.21. The van der Waals surface area contributed by atoms with Gasteiger partial charge in [-0.05, 0) is 42.9 Å². The number of phenols is 1. The molecule has 2 N–H and O–H groups in total. The number of hydrogen-bond acceptors (Lipinski definition) is 6. The van der Waals surface area contributed by atoms with E-state index in [1.807, 2.05) is 6.92 Å². The molecule has 1 spiro atoms. The molecule has 172 valence electrons. The molecule has 1 aliphatic heterocycles. The van der Waals surface area contributed by atoms with E-state index in [4.69, 9.17) is 9.47 Å². The smallest absolute Gasteiger partial charge is 0.339 e. The molecule has 0 bridgehead atoms. The van der Waals surface area contributed by atoms with Crippen molar-refractivity contribution in [1.82, 2.24) is 0 Å². The lowest BCUT2D eigenvalue weighted by Gasteiger charge is -2.34. The van der Waals surface area contributed by atoms with Gasteiger partial charge in [-0.2, -0.15) is 0 Å². The molecule has 3 rings (SSSR count). The summed E-state index contributed by atoms with van der Waals surface area (Å²) in [6.07, 6.45) is 8.60. The van der Waals surface area contributed by atoms with Crippen molar-refractivity contribution in [2.24, 2.45) is 0 Å². The molecule has 2 aliphatic rings. The van der Waals surface area contributed by atoms with Gasteiger partial charge in [0.1, 0.15) is 22.8 Å². The number of allylic oxidation sites excluding steroid dienone is 2. The lowest BCUT2D eigenvalue weighted by Crippen LogP contribution is -2.42. The number of aromatic carboxylic acids is 1. The van der Waals surface area contributed by atoms with Crippen molar-refractivity contribution < 1.29 is 34.1 Å². The highest BCUT2D eigenvalue weighted by atomic mass is 16.5. The molecule has 1 aromatic carbocycles. The van der Waals surface area contributed by atoms with Crippen LogP contribution in [0.3, 0.4) is 0 Å². The summed E-state index contributed by atoms with van der Waals surface area (Å²) in [6.45, 7) is 4.09. The number of carbonyl (C=O) groups is 3. The summed E-state index contributed by atoms with van der Waals surface area (Å²) in [5, 5.41) is 20.4. The van der Waals surface area contributed by atoms with Crippen LogP contribution in [0.5, 0.6) is 11.5 Å². The predicted molar refractivity (Wildman–Crippen MR) is 118 cm³/mol. The second-order valence-electron chi connectivity index (χ2n) is 8.27. The number of ketones is 1. The molecule has 0 aromatic heterocycles. The molecular weight excluding hydrogens is 412 g/mol. The number of benzene rings is 1. The van der Waals surface area contributed by atoms with Crippen molar-refractivity contribution in [3.63, 3.8) is 0 Å². The monoisotopic (exact) mass is 442 g/mol. The molecule has 0 fully saturated rings. The molecule has 32 heavy (non-hydrogen) atoms. The second-order valence-corrected chi connectivity index (χ2v) is 8.27. The first-order valence-electron chi connectivity index (χ1n) is 11.2. The fourth-order valence-corrected chi connectivity index (χ4v) is 4.78. The van der Waals surface area contributed by atoms with Crippen molar-refractivity contribution in [3.8, 4) is 11.5 Å². The van der Waals surface area contributed by atoms with Crippen molar-refractivity contribution >= 4 is 17.7 Å². The number of unbranched alkanes of at least 4 members (excludes halogenated alkanes) is 4. The van der Waals surface area contributed by atoms with Gasteiger partial charge in [-0.1, -0.05) is 39.5 Å². The number of hydrogen-bond donors (Lipinski definition) is 2. The van der Waals surface area contributed by atoms with E-state index in [1.54, 1.807) is 0 Å². The van der Waals surface area contributed by atoms with Gasteiger partial charge in [-0.25, -0.2) is 9.59 Å². The standard InChI is InChI=1S/C25H30O7/c1-4-6-8-10-15-12-16(26)13-20(31-3)25(15)22-17(11-9-7-5-2)21(23(28)29)18(27)14-19(22)32-24(25)30/h12-14,27H,4-11H2,1-3H3,(H,28,29)/t25-/m0/s1. The molecule has 1 heterocycles. The number of fused-ring (bicyclic) bond motifs is 2. The molecule has 0 amide bonds. The van der Waals surface area contributed by atoms with Crippen molar-refractivity contribution in [2.45, 2.75) is 70.6 Å².